The first-order valence-electron chi connectivity index (χ1n) is 8.00. The predicted molar refractivity (Wildman–Crippen MR) is 97.4 cm³/mol. The van der Waals surface area contributed by atoms with E-state index in [0.717, 1.165) is 24.2 Å². The van der Waals surface area contributed by atoms with Gasteiger partial charge in [-0.05, 0) is 37.2 Å². The van der Waals surface area contributed by atoms with Gasteiger partial charge < -0.3 is 9.64 Å². The van der Waals surface area contributed by atoms with Crippen molar-refractivity contribution in [3.63, 3.8) is 0 Å². The largest absolute Gasteiger partial charge is 0.496 e. The van der Waals surface area contributed by atoms with Crippen molar-refractivity contribution in [1.29, 1.82) is 0 Å². The van der Waals surface area contributed by atoms with Gasteiger partial charge in [0, 0.05) is 24.7 Å². The SMILES string of the molecule is COc1ccccc1C=CC(=O)NC(=S)N(C)C1CCCCC1. The van der Waals surface area contributed by atoms with Crippen LogP contribution in [0.1, 0.15) is 37.7 Å². The molecule has 0 aliphatic heterocycles. The first kappa shape index (κ1) is 17.5. The normalized spacial score (nSPS) is 15.4. The third kappa shape index (κ3) is 5.06. The first-order chi connectivity index (χ1) is 11.1. The molecule has 0 heterocycles. The topological polar surface area (TPSA) is 41.6 Å². The van der Waals surface area contributed by atoms with Crippen LogP contribution in [0.25, 0.3) is 6.08 Å². The standard InChI is InChI=1S/C18H24N2O2S/c1-20(15-9-4-3-5-10-15)18(23)19-17(21)13-12-14-8-6-7-11-16(14)22-2/h6-8,11-13,15H,3-5,9-10H2,1-2H3,(H,19,21,23). The molecule has 1 aliphatic rings. The molecule has 1 saturated carbocycles. The zero-order valence-electron chi connectivity index (χ0n) is 13.7. The molecule has 4 nitrogen and oxygen atoms in total. The molecule has 0 bridgehead atoms. The van der Waals surface area contributed by atoms with Gasteiger partial charge in [-0.15, -0.1) is 0 Å². The second kappa shape index (κ2) is 8.67. The molecule has 1 aliphatic carbocycles. The Bertz CT molecular complexity index is 580. The smallest absolute Gasteiger partial charge is 0.250 e. The fourth-order valence-electron chi connectivity index (χ4n) is 2.84. The molecule has 0 aromatic heterocycles. The molecule has 1 fully saturated rings. The quantitative estimate of drug-likeness (QED) is 0.678. The molecule has 0 spiro atoms. The molecule has 1 aromatic carbocycles. The van der Waals surface area contributed by atoms with E-state index in [1.165, 1.54) is 25.3 Å². The summed E-state index contributed by atoms with van der Waals surface area (Å²) in [6.45, 7) is 0. The van der Waals surface area contributed by atoms with E-state index < -0.39 is 0 Å². The van der Waals surface area contributed by atoms with Gasteiger partial charge in [0.25, 0.3) is 0 Å². The van der Waals surface area contributed by atoms with Gasteiger partial charge in [0.15, 0.2) is 5.11 Å². The molecule has 0 atom stereocenters. The van der Waals surface area contributed by atoms with E-state index in [1.54, 1.807) is 13.2 Å². The first-order valence-corrected chi connectivity index (χ1v) is 8.41. The van der Waals surface area contributed by atoms with Crippen molar-refractivity contribution in [2.45, 2.75) is 38.1 Å². The number of hydrogen-bond donors (Lipinski definition) is 1. The van der Waals surface area contributed by atoms with E-state index in [-0.39, 0.29) is 5.91 Å². The fourth-order valence-corrected chi connectivity index (χ4v) is 3.09. The number of amides is 1. The lowest BCUT2D eigenvalue weighted by Crippen LogP contribution is -2.45. The molecule has 2 rings (SSSR count). The lowest BCUT2D eigenvalue weighted by molar-refractivity contribution is -0.115. The highest BCUT2D eigenvalue weighted by atomic mass is 32.1. The highest BCUT2D eigenvalue weighted by molar-refractivity contribution is 7.80. The van der Waals surface area contributed by atoms with Crippen molar-refractivity contribution in [3.05, 3.63) is 35.9 Å². The molecule has 124 valence electrons. The Balaban J connectivity index is 1.90. The van der Waals surface area contributed by atoms with Gasteiger partial charge in [-0.3, -0.25) is 10.1 Å². The number of rotatable bonds is 4. The van der Waals surface area contributed by atoms with E-state index in [4.69, 9.17) is 17.0 Å². The van der Waals surface area contributed by atoms with E-state index in [1.807, 2.05) is 36.2 Å². The van der Waals surface area contributed by atoms with Crippen molar-refractivity contribution < 1.29 is 9.53 Å². The summed E-state index contributed by atoms with van der Waals surface area (Å²) in [5.74, 6) is 0.516. The van der Waals surface area contributed by atoms with Crippen LogP contribution in [-0.4, -0.2) is 36.1 Å². The molecule has 23 heavy (non-hydrogen) atoms. The minimum atomic E-state index is -0.219. The van der Waals surface area contributed by atoms with Crippen molar-refractivity contribution in [2.24, 2.45) is 0 Å². The van der Waals surface area contributed by atoms with Crippen molar-refractivity contribution in [3.8, 4) is 5.75 Å². The summed E-state index contributed by atoms with van der Waals surface area (Å²) < 4.78 is 5.26. The van der Waals surface area contributed by atoms with Crippen LogP contribution >= 0.6 is 12.2 Å². The molecule has 0 radical (unpaired) electrons. The summed E-state index contributed by atoms with van der Waals surface area (Å²) in [5.41, 5.74) is 0.858. The Hall–Kier alpha value is -1.88. The molecular formula is C18H24N2O2S. The Kier molecular flexibility index (Phi) is 6.59. The minimum absolute atomic E-state index is 0.219. The van der Waals surface area contributed by atoms with Crippen LogP contribution in [0.15, 0.2) is 30.3 Å². The predicted octanol–water partition coefficient (Wildman–Crippen LogP) is 3.37. The summed E-state index contributed by atoms with van der Waals surface area (Å²) in [6.07, 6.45) is 9.27. The number of thiocarbonyl (C=S) groups is 1. The minimum Gasteiger partial charge on any atom is -0.496 e. The zero-order chi connectivity index (χ0) is 16.7. The van der Waals surface area contributed by atoms with Gasteiger partial charge in [0.1, 0.15) is 5.75 Å². The lowest BCUT2D eigenvalue weighted by atomic mass is 9.95. The van der Waals surface area contributed by atoms with Crippen LogP contribution in [-0.2, 0) is 4.79 Å². The number of nitrogens with one attached hydrogen (secondary N) is 1. The van der Waals surface area contributed by atoms with Crippen molar-refractivity contribution >= 4 is 29.3 Å². The van der Waals surface area contributed by atoms with Gasteiger partial charge in [0.05, 0.1) is 7.11 Å². The number of nitrogens with zero attached hydrogens (tertiary/aromatic N) is 1. The highest BCUT2D eigenvalue weighted by Crippen LogP contribution is 2.21. The van der Waals surface area contributed by atoms with E-state index in [0.29, 0.717) is 11.2 Å². The highest BCUT2D eigenvalue weighted by Gasteiger charge is 2.20. The van der Waals surface area contributed by atoms with Crippen LogP contribution in [0.5, 0.6) is 5.75 Å². The second-order valence-corrected chi connectivity index (χ2v) is 6.16. The number of hydrogen-bond acceptors (Lipinski definition) is 3. The Morgan fingerprint density at radius 2 is 2.00 bits per heavy atom. The fraction of sp³-hybridized carbons (Fsp3) is 0.444. The van der Waals surface area contributed by atoms with Gasteiger partial charge in [-0.1, -0.05) is 37.5 Å². The maximum absolute atomic E-state index is 12.1. The molecular weight excluding hydrogens is 308 g/mol. The van der Waals surface area contributed by atoms with Gasteiger partial charge in [0.2, 0.25) is 5.91 Å². The molecule has 1 aromatic rings. The third-order valence-electron chi connectivity index (χ3n) is 4.23. The Labute approximate surface area is 143 Å². The van der Waals surface area contributed by atoms with E-state index >= 15 is 0 Å². The third-order valence-corrected chi connectivity index (χ3v) is 4.62. The summed E-state index contributed by atoms with van der Waals surface area (Å²) >= 11 is 5.35. The number of para-hydroxylation sites is 1. The number of methoxy groups -OCH3 is 1. The summed E-state index contributed by atoms with van der Waals surface area (Å²) in [5, 5.41) is 3.27. The van der Waals surface area contributed by atoms with Crippen LogP contribution in [0.3, 0.4) is 0 Å². The van der Waals surface area contributed by atoms with Crippen molar-refractivity contribution in [2.75, 3.05) is 14.2 Å². The number of ether oxygens (including phenoxy) is 1. The molecule has 5 heteroatoms. The Morgan fingerprint density at radius 3 is 2.70 bits per heavy atom. The number of carbonyl (C=O) groups excluding carboxylic acids is 1. The summed E-state index contributed by atoms with van der Waals surface area (Å²) in [6, 6.07) is 8.00. The summed E-state index contributed by atoms with van der Waals surface area (Å²) in [4.78, 5) is 14.1. The number of benzene rings is 1. The van der Waals surface area contributed by atoms with Crippen molar-refractivity contribution in [1.82, 2.24) is 10.2 Å². The Morgan fingerprint density at radius 1 is 1.30 bits per heavy atom. The lowest BCUT2D eigenvalue weighted by Gasteiger charge is -2.32. The zero-order valence-corrected chi connectivity index (χ0v) is 14.6. The molecule has 1 N–H and O–H groups in total. The van der Waals surface area contributed by atoms with Crippen LogP contribution in [0, 0.1) is 0 Å². The van der Waals surface area contributed by atoms with Gasteiger partial charge in [-0.2, -0.15) is 0 Å². The van der Waals surface area contributed by atoms with E-state index in [9.17, 15) is 4.79 Å². The average Bonchev–Trinajstić information content (AvgIpc) is 2.60. The monoisotopic (exact) mass is 332 g/mol. The van der Waals surface area contributed by atoms with E-state index in [2.05, 4.69) is 5.32 Å². The molecule has 1 amide bonds. The maximum Gasteiger partial charge on any atom is 0.250 e. The molecule has 0 unspecified atom stereocenters. The van der Waals surface area contributed by atoms with Gasteiger partial charge in [-0.25, -0.2) is 0 Å². The summed E-state index contributed by atoms with van der Waals surface area (Å²) in [7, 11) is 3.57. The second-order valence-electron chi connectivity index (χ2n) is 5.77. The maximum atomic E-state index is 12.1. The van der Waals surface area contributed by atoms with Crippen LogP contribution < -0.4 is 10.1 Å². The van der Waals surface area contributed by atoms with Crippen LogP contribution in [0.4, 0.5) is 0 Å². The van der Waals surface area contributed by atoms with Gasteiger partial charge >= 0.3 is 0 Å². The molecule has 0 saturated heterocycles. The average molecular weight is 332 g/mol. The number of carbonyl (C=O) groups is 1. The van der Waals surface area contributed by atoms with Crippen LogP contribution in [0.2, 0.25) is 0 Å².